The van der Waals surface area contributed by atoms with E-state index in [0.717, 1.165) is 38.3 Å². The van der Waals surface area contributed by atoms with Crippen molar-refractivity contribution in [3.05, 3.63) is 0 Å². The monoisotopic (exact) mass is 549 g/mol. The van der Waals surface area contributed by atoms with Crippen LogP contribution in [0.15, 0.2) is 0 Å². The highest BCUT2D eigenvalue weighted by molar-refractivity contribution is 6.82. The Kier molecular flexibility index (Phi) is 12.3. The van der Waals surface area contributed by atoms with Crippen molar-refractivity contribution in [1.29, 1.82) is 0 Å². The largest absolute Gasteiger partial charge is 0.414 e. The molecule has 0 bridgehead atoms. The van der Waals surface area contributed by atoms with Crippen molar-refractivity contribution in [2.24, 2.45) is 5.73 Å². The van der Waals surface area contributed by atoms with Gasteiger partial charge >= 0.3 is 0 Å². The Morgan fingerprint density at radius 1 is 0.765 bits per heavy atom. The number of hydrogen-bond acceptors (Lipinski definition) is 4. The Labute approximate surface area is 218 Å². The molecule has 4 nitrogen and oxygen atoms in total. The molecule has 34 heavy (non-hydrogen) atoms. The molecule has 0 fully saturated rings. The van der Waals surface area contributed by atoms with Gasteiger partial charge < -0.3 is 19.0 Å². The third-order valence-electron chi connectivity index (χ3n) is 9.04. The first-order chi connectivity index (χ1) is 15.0. The summed E-state index contributed by atoms with van der Waals surface area (Å²) in [5.74, 6) is 0. The molecular weight excluding hydrogens is 487 g/mol. The third-order valence-corrected chi connectivity index (χ3v) is 23.4. The Balaban J connectivity index is 6.52. The standard InChI is InChI=1S/C26H63NO3Si4/c1-17-23(28-33(14,15)24(4,5)29-32(11,12)13)25(6,18-2)34(16,22-20-21-27)30-26(7,19-3)31(8,9)10/h23H,17-22,27H2,1-16H3. The second kappa shape index (κ2) is 12.0. The summed E-state index contributed by atoms with van der Waals surface area (Å²) in [5.41, 5.74) is 6.07. The molecule has 0 aromatic carbocycles. The lowest BCUT2D eigenvalue weighted by Gasteiger charge is -2.56. The zero-order valence-electron chi connectivity index (χ0n) is 26.1. The lowest BCUT2D eigenvalue weighted by atomic mass is 9.98. The summed E-state index contributed by atoms with van der Waals surface area (Å²) < 4.78 is 21.5. The molecule has 0 rings (SSSR count). The first-order valence-corrected chi connectivity index (χ1v) is 26.2. The summed E-state index contributed by atoms with van der Waals surface area (Å²) in [6, 6.07) is 1.09. The van der Waals surface area contributed by atoms with Gasteiger partial charge in [-0.2, -0.15) is 0 Å². The van der Waals surface area contributed by atoms with Gasteiger partial charge in [-0.1, -0.05) is 47.3 Å². The van der Waals surface area contributed by atoms with Gasteiger partial charge in [-0.25, -0.2) is 0 Å². The Morgan fingerprint density at radius 3 is 1.59 bits per heavy atom. The van der Waals surface area contributed by atoms with Gasteiger partial charge in [0.15, 0.2) is 16.6 Å². The van der Waals surface area contributed by atoms with Gasteiger partial charge in [0.25, 0.3) is 0 Å². The molecule has 0 heterocycles. The maximum Gasteiger partial charge on any atom is 0.216 e. The summed E-state index contributed by atoms with van der Waals surface area (Å²) >= 11 is 0. The first-order valence-electron chi connectivity index (χ1n) is 13.8. The molecule has 0 aliphatic heterocycles. The number of hydrogen-bond donors (Lipinski definition) is 1. The van der Waals surface area contributed by atoms with Crippen LogP contribution in [0.1, 0.15) is 74.1 Å². The molecule has 206 valence electrons. The van der Waals surface area contributed by atoms with E-state index in [1.165, 1.54) is 0 Å². The van der Waals surface area contributed by atoms with Crippen molar-refractivity contribution in [2.75, 3.05) is 6.54 Å². The van der Waals surface area contributed by atoms with Crippen LogP contribution >= 0.6 is 0 Å². The van der Waals surface area contributed by atoms with Crippen LogP contribution < -0.4 is 5.73 Å². The summed E-state index contributed by atoms with van der Waals surface area (Å²) in [5, 5.41) is -0.303. The average Bonchev–Trinajstić information content (AvgIpc) is 2.66. The van der Waals surface area contributed by atoms with E-state index in [0.29, 0.717) is 0 Å². The van der Waals surface area contributed by atoms with Crippen molar-refractivity contribution in [3.63, 3.8) is 0 Å². The number of rotatable bonds is 16. The fourth-order valence-electron chi connectivity index (χ4n) is 5.14. The van der Waals surface area contributed by atoms with Crippen molar-refractivity contribution in [3.8, 4) is 0 Å². The van der Waals surface area contributed by atoms with Gasteiger partial charge in [0, 0.05) is 10.3 Å². The van der Waals surface area contributed by atoms with E-state index in [9.17, 15) is 0 Å². The zero-order valence-corrected chi connectivity index (χ0v) is 30.1. The van der Waals surface area contributed by atoms with Gasteiger partial charge in [0.1, 0.15) is 0 Å². The second-order valence-electron chi connectivity index (χ2n) is 14.1. The molecule has 0 aromatic heterocycles. The highest BCUT2D eigenvalue weighted by Gasteiger charge is 2.57. The van der Waals surface area contributed by atoms with E-state index in [-0.39, 0.29) is 21.6 Å². The molecular formula is C26H63NO3Si4. The third kappa shape index (κ3) is 8.10. The molecule has 8 heteroatoms. The van der Waals surface area contributed by atoms with Gasteiger partial charge in [-0.15, -0.1) is 0 Å². The zero-order chi connectivity index (χ0) is 27.4. The minimum Gasteiger partial charge on any atom is -0.414 e. The average molecular weight is 550 g/mol. The molecule has 0 spiro atoms. The van der Waals surface area contributed by atoms with Gasteiger partial charge in [0.2, 0.25) is 8.32 Å². The normalized spacial score (nSPS) is 20.4. The van der Waals surface area contributed by atoms with Gasteiger partial charge in [0.05, 0.1) is 19.4 Å². The van der Waals surface area contributed by atoms with E-state index in [1.807, 2.05) is 0 Å². The molecule has 0 aromatic rings. The van der Waals surface area contributed by atoms with Gasteiger partial charge in [-0.3, -0.25) is 0 Å². The van der Waals surface area contributed by atoms with Crippen LogP contribution in [0.3, 0.4) is 0 Å². The van der Waals surface area contributed by atoms with Crippen LogP contribution in [0.4, 0.5) is 0 Å². The molecule has 4 unspecified atom stereocenters. The van der Waals surface area contributed by atoms with Crippen molar-refractivity contribution < 1.29 is 13.3 Å². The highest BCUT2D eigenvalue weighted by atomic mass is 28.4. The summed E-state index contributed by atoms with van der Waals surface area (Å²) in [4.78, 5) is 0. The second-order valence-corrected chi connectivity index (χ2v) is 32.8. The van der Waals surface area contributed by atoms with Crippen LogP contribution in [-0.4, -0.2) is 56.1 Å². The minimum atomic E-state index is -2.26. The fraction of sp³-hybridized carbons (Fsp3) is 1.00. The maximum absolute atomic E-state index is 7.52. The van der Waals surface area contributed by atoms with Crippen LogP contribution in [0.5, 0.6) is 0 Å². The Bertz CT molecular complexity index is 633. The maximum atomic E-state index is 7.52. The van der Waals surface area contributed by atoms with Crippen LogP contribution in [0, 0.1) is 0 Å². The SMILES string of the molecule is CCC(O[Si](C)(C)C(C)(C)O[Si](C)(C)C)C(C)(CC)[Si](C)(CCCN)OC(C)(CC)[Si](C)(C)C. The predicted molar refractivity (Wildman–Crippen MR) is 163 cm³/mol. The van der Waals surface area contributed by atoms with E-state index in [4.69, 9.17) is 19.0 Å². The lowest BCUT2D eigenvalue weighted by Crippen LogP contribution is -2.65. The summed E-state index contributed by atoms with van der Waals surface area (Å²) in [6.07, 6.45) is 4.28. The van der Waals surface area contributed by atoms with Crippen molar-refractivity contribution in [2.45, 2.75) is 161 Å². The lowest BCUT2D eigenvalue weighted by molar-refractivity contribution is 0.0627. The number of nitrogens with two attached hydrogens (primary N) is 1. The molecule has 0 radical (unpaired) electrons. The Hall–Kier alpha value is 0.708. The van der Waals surface area contributed by atoms with Gasteiger partial charge in [-0.05, 0) is 98.3 Å². The molecule has 4 atom stereocenters. The molecule has 0 aliphatic rings. The van der Waals surface area contributed by atoms with E-state index in [2.05, 4.69) is 107 Å². The Morgan fingerprint density at radius 2 is 1.26 bits per heavy atom. The topological polar surface area (TPSA) is 53.7 Å². The van der Waals surface area contributed by atoms with E-state index < -0.39 is 33.0 Å². The first kappa shape index (κ1) is 34.7. The smallest absolute Gasteiger partial charge is 0.216 e. The molecule has 2 N–H and O–H groups in total. The summed E-state index contributed by atoms with van der Waals surface area (Å²) in [6.45, 7) is 38.4. The quantitative estimate of drug-likeness (QED) is 0.197. The molecule has 0 aliphatic carbocycles. The van der Waals surface area contributed by atoms with Crippen molar-refractivity contribution in [1.82, 2.24) is 0 Å². The summed E-state index contributed by atoms with van der Waals surface area (Å²) in [7, 11) is -7.73. The van der Waals surface area contributed by atoms with Crippen LogP contribution in [0.2, 0.25) is 70.0 Å². The molecule has 0 saturated carbocycles. The van der Waals surface area contributed by atoms with E-state index >= 15 is 0 Å². The fourth-order valence-corrected chi connectivity index (χ4v) is 17.7. The predicted octanol–water partition coefficient (Wildman–Crippen LogP) is 8.31. The molecule has 0 saturated heterocycles. The highest BCUT2D eigenvalue weighted by Crippen LogP contribution is 2.53. The van der Waals surface area contributed by atoms with Crippen LogP contribution in [0.25, 0.3) is 0 Å². The van der Waals surface area contributed by atoms with Crippen molar-refractivity contribution >= 4 is 33.0 Å². The minimum absolute atomic E-state index is 0.00743. The molecule has 0 amide bonds. The van der Waals surface area contributed by atoms with E-state index in [1.54, 1.807) is 0 Å². The van der Waals surface area contributed by atoms with Crippen LogP contribution in [-0.2, 0) is 13.3 Å².